The lowest BCUT2D eigenvalue weighted by atomic mass is 10.1. The monoisotopic (exact) mass is 441 g/mol. The summed E-state index contributed by atoms with van der Waals surface area (Å²) in [6.45, 7) is 6.55. The van der Waals surface area contributed by atoms with Gasteiger partial charge in [0.1, 0.15) is 5.82 Å². The Hall–Kier alpha value is -4.20. The van der Waals surface area contributed by atoms with E-state index >= 15 is 0 Å². The fraction of sp³-hybridized carbons (Fsp3) is 0.200. The van der Waals surface area contributed by atoms with Gasteiger partial charge in [0, 0.05) is 35.2 Å². The maximum atomic E-state index is 13.2. The Bertz CT molecular complexity index is 1400. The van der Waals surface area contributed by atoms with E-state index in [1.165, 1.54) is 17.2 Å². The molecule has 8 nitrogen and oxygen atoms in total. The van der Waals surface area contributed by atoms with Crippen molar-refractivity contribution in [3.63, 3.8) is 0 Å². The van der Waals surface area contributed by atoms with Gasteiger partial charge in [-0.3, -0.25) is 14.9 Å². The highest BCUT2D eigenvalue weighted by molar-refractivity contribution is 5.95. The van der Waals surface area contributed by atoms with E-state index < -0.39 is 4.92 Å². The smallest absolute Gasteiger partial charge is 0.273 e. The molecule has 1 aliphatic rings. The molecule has 166 valence electrons. The third-order valence-corrected chi connectivity index (χ3v) is 6.25. The SMILES string of the molecule is Cc1ccc(-n2nc3c(c2-n2cccc2)CN(C(=O)c2ccc(C)c([N+](=O)[O-])c2)C3)cc1C. The maximum absolute atomic E-state index is 13.2. The summed E-state index contributed by atoms with van der Waals surface area (Å²) in [5.74, 6) is 0.649. The molecule has 0 N–H and O–H groups in total. The fourth-order valence-corrected chi connectivity index (χ4v) is 4.25. The summed E-state index contributed by atoms with van der Waals surface area (Å²) in [5.41, 5.74) is 5.94. The van der Waals surface area contributed by atoms with Gasteiger partial charge in [-0.1, -0.05) is 12.1 Å². The standard InChI is InChI=1S/C25H23N5O3/c1-16-7-9-20(12-18(16)3)29-24(27-10-4-5-11-27)21-14-28(15-22(21)26-29)25(31)19-8-6-17(2)23(13-19)30(32)33/h4-13H,14-15H2,1-3H3. The normalized spacial score (nSPS) is 12.8. The van der Waals surface area contributed by atoms with E-state index in [4.69, 9.17) is 5.10 Å². The summed E-state index contributed by atoms with van der Waals surface area (Å²) in [6.07, 6.45) is 3.92. The number of nitro benzene ring substituents is 1. The predicted molar refractivity (Wildman–Crippen MR) is 124 cm³/mol. The van der Waals surface area contributed by atoms with Crippen LogP contribution in [0.5, 0.6) is 0 Å². The molecule has 3 heterocycles. The molecule has 0 fully saturated rings. The zero-order chi connectivity index (χ0) is 23.3. The Balaban J connectivity index is 1.53. The molecule has 8 heteroatoms. The number of amides is 1. The summed E-state index contributed by atoms with van der Waals surface area (Å²) < 4.78 is 3.93. The highest BCUT2D eigenvalue weighted by Gasteiger charge is 2.32. The lowest BCUT2D eigenvalue weighted by Gasteiger charge is -2.18. The van der Waals surface area contributed by atoms with Crippen LogP contribution >= 0.6 is 0 Å². The van der Waals surface area contributed by atoms with E-state index in [9.17, 15) is 14.9 Å². The Morgan fingerprint density at radius 3 is 2.39 bits per heavy atom. The number of carbonyl (C=O) groups excluding carboxylic acids is 1. The molecule has 5 rings (SSSR count). The van der Waals surface area contributed by atoms with Gasteiger partial charge in [0.2, 0.25) is 0 Å². The second-order valence-corrected chi connectivity index (χ2v) is 8.44. The molecule has 0 spiro atoms. The van der Waals surface area contributed by atoms with E-state index in [1.54, 1.807) is 24.0 Å². The van der Waals surface area contributed by atoms with Crippen LogP contribution in [0.4, 0.5) is 5.69 Å². The first-order valence-corrected chi connectivity index (χ1v) is 10.7. The Morgan fingerprint density at radius 1 is 0.970 bits per heavy atom. The third kappa shape index (κ3) is 3.49. The number of aromatic nitrogens is 3. The number of rotatable bonds is 4. The van der Waals surface area contributed by atoms with Gasteiger partial charge in [0.15, 0.2) is 0 Å². The minimum atomic E-state index is -0.455. The molecule has 2 aromatic heterocycles. The van der Waals surface area contributed by atoms with Crippen LogP contribution < -0.4 is 0 Å². The summed E-state index contributed by atoms with van der Waals surface area (Å²) in [5, 5.41) is 16.2. The zero-order valence-electron chi connectivity index (χ0n) is 18.6. The minimum absolute atomic E-state index is 0.0502. The predicted octanol–water partition coefficient (Wildman–Crippen LogP) is 4.65. The van der Waals surface area contributed by atoms with Crippen molar-refractivity contribution in [2.75, 3.05) is 0 Å². The van der Waals surface area contributed by atoms with Gasteiger partial charge in [-0.2, -0.15) is 5.10 Å². The van der Waals surface area contributed by atoms with Crippen LogP contribution in [0.1, 0.15) is 38.3 Å². The molecule has 1 amide bonds. The van der Waals surface area contributed by atoms with Crippen LogP contribution in [0.3, 0.4) is 0 Å². The van der Waals surface area contributed by atoms with Gasteiger partial charge in [-0.15, -0.1) is 0 Å². The van der Waals surface area contributed by atoms with Crippen LogP contribution in [-0.2, 0) is 13.1 Å². The van der Waals surface area contributed by atoms with Crippen LogP contribution in [0, 0.1) is 30.9 Å². The molecular weight excluding hydrogens is 418 g/mol. The van der Waals surface area contributed by atoms with Crippen molar-refractivity contribution in [3.05, 3.63) is 105 Å². The highest BCUT2D eigenvalue weighted by atomic mass is 16.6. The molecule has 1 aliphatic heterocycles. The molecule has 0 saturated heterocycles. The molecule has 0 unspecified atom stereocenters. The van der Waals surface area contributed by atoms with E-state index in [1.807, 2.05) is 39.8 Å². The number of nitrogens with zero attached hydrogens (tertiary/aromatic N) is 5. The van der Waals surface area contributed by atoms with Gasteiger partial charge in [-0.25, -0.2) is 4.68 Å². The number of fused-ring (bicyclic) bond motifs is 1. The van der Waals surface area contributed by atoms with Crippen molar-refractivity contribution < 1.29 is 9.72 Å². The van der Waals surface area contributed by atoms with Gasteiger partial charge in [-0.05, 0) is 62.2 Å². The first-order valence-electron chi connectivity index (χ1n) is 10.7. The fourth-order valence-electron chi connectivity index (χ4n) is 4.25. The summed E-state index contributed by atoms with van der Waals surface area (Å²) in [7, 11) is 0. The maximum Gasteiger partial charge on any atom is 0.273 e. The number of hydrogen-bond acceptors (Lipinski definition) is 4. The quantitative estimate of drug-likeness (QED) is 0.341. The molecule has 0 radical (unpaired) electrons. The van der Waals surface area contributed by atoms with Crippen molar-refractivity contribution in [2.45, 2.75) is 33.9 Å². The molecular formula is C25H23N5O3. The van der Waals surface area contributed by atoms with Crippen molar-refractivity contribution in [1.82, 2.24) is 19.2 Å². The van der Waals surface area contributed by atoms with Gasteiger partial charge in [0.05, 0.1) is 29.4 Å². The number of hydrogen-bond donors (Lipinski definition) is 0. The van der Waals surface area contributed by atoms with Gasteiger partial charge in [0.25, 0.3) is 11.6 Å². The lowest BCUT2D eigenvalue weighted by molar-refractivity contribution is -0.385. The van der Waals surface area contributed by atoms with Crippen LogP contribution in [0.2, 0.25) is 0 Å². The van der Waals surface area contributed by atoms with E-state index in [0.717, 1.165) is 22.8 Å². The topological polar surface area (TPSA) is 86.2 Å². The van der Waals surface area contributed by atoms with Crippen LogP contribution in [0.25, 0.3) is 11.5 Å². The van der Waals surface area contributed by atoms with E-state index in [0.29, 0.717) is 24.2 Å². The highest BCUT2D eigenvalue weighted by Crippen LogP contribution is 2.32. The Morgan fingerprint density at radius 2 is 1.70 bits per heavy atom. The number of benzene rings is 2. The van der Waals surface area contributed by atoms with Crippen LogP contribution in [0.15, 0.2) is 60.9 Å². The lowest BCUT2D eigenvalue weighted by Crippen LogP contribution is -2.26. The van der Waals surface area contributed by atoms with Gasteiger partial charge < -0.3 is 9.47 Å². The Labute approximate surface area is 190 Å². The van der Waals surface area contributed by atoms with Crippen molar-refractivity contribution in [1.29, 1.82) is 0 Å². The van der Waals surface area contributed by atoms with Crippen molar-refractivity contribution in [2.24, 2.45) is 0 Å². The number of carbonyl (C=O) groups is 1. The number of nitro groups is 1. The molecule has 33 heavy (non-hydrogen) atoms. The number of aryl methyl sites for hydroxylation is 3. The summed E-state index contributed by atoms with van der Waals surface area (Å²) in [6, 6.07) is 14.8. The summed E-state index contributed by atoms with van der Waals surface area (Å²) in [4.78, 5) is 25.7. The van der Waals surface area contributed by atoms with Gasteiger partial charge >= 0.3 is 0 Å². The molecule has 0 aliphatic carbocycles. The summed E-state index contributed by atoms with van der Waals surface area (Å²) >= 11 is 0. The van der Waals surface area contributed by atoms with Crippen molar-refractivity contribution >= 4 is 11.6 Å². The third-order valence-electron chi connectivity index (χ3n) is 6.25. The second-order valence-electron chi connectivity index (χ2n) is 8.44. The molecule has 0 saturated carbocycles. The minimum Gasteiger partial charge on any atom is -0.328 e. The van der Waals surface area contributed by atoms with Crippen LogP contribution in [-0.4, -0.2) is 30.1 Å². The average Bonchev–Trinajstić information content (AvgIpc) is 3.51. The van der Waals surface area contributed by atoms with E-state index in [-0.39, 0.29) is 11.6 Å². The second kappa shape index (κ2) is 7.74. The Kier molecular flexibility index (Phi) is 4.85. The molecule has 0 atom stereocenters. The molecule has 2 aromatic carbocycles. The first-order chi connectivity index (χ1) is 15.8. The molecule has 0 bridgehead atoms. The average molecular weight is 441 g/mol. The first kappa shape index (κ1) is 20.7. The van der Waals surface area contributed by atoms with E-state index in [2.05, 4.69) is 26.0 Å². The molecule has 4 aromatic rings. The zero-order valence-corrected chi connectivity index (χ0v) is 18.6. The van der Waals surface area contributed by atoms with Crippen molar-refractivity contribution in [3.8, 4) is 11.5 Å². The largest absolute Gasteiger partial charge is 0.328 e.